The van der Waals surface area contributed by atoms with Crippen LogP contribution < -0.4 is 16.0 Å². The Bertz CT molecular complexity index is 357. The van der Waals surface area contributed by atoms with Crippen molar-refractivity contribution in [3.63, 3.8) is 0 Å². The second-order valence-electron chi connectivity index (χ2n) is 6.40. The van der Waals surface area contributed by atoms with Crippen molar-refractivity contribution in [2.75, 3.05) is 19.6 Å². The van der Waals surface area contributed by atoms with Crippen LogP contribution in [0.5, 0.6) is 0 Å². The van der Waals surface area contributed by atoms with E-state index >= 15 is 0 Å². The highest BCUT2D eigenvalue weighted by Crippen LogP contribution is 2.37. The lowest BCUT2D eigenvalue weighted by molar-refractivity contribution is -0.122. The van der Waals surface area contributed by atoms with Gasteiger partial charge in [-0.2, -0.15) is 0 Å². The van der Waals surface area contributed by atoms with Gasteiger partial charge < -0.3 is 16.0 Å². The van der Waals surface area contributed by atoms with E-state index in [-0.39, 0.29) is 29.9 Å². The van der Waals surface area contributed by atoms with Gasteiger partial charge in [0.05, 0.1) is 0 Å². The highest BCUT2D eigenvalue weighted by Gasteiger charge is 2.28. The van der Waals surface area contributed by atoms with Crippen molar-refractivity contribution < 1.29 is 4.79 Å². The lowest BCUT2D eigenvalue weighted by Crippen LogP contribution is -2.51. The van der Waals surface area contributed by atoms with Crippen LogP contribution in [0.3, 0.4) is 0 Å². The molecule has 6 heteroatoms. The van der Waals surface area contributed by atoms with Gasteiger partial charge in [0.2, 0.25) is 5.91 Å². The number of hydrogen-bond acceptors (Lipinski definition) is 2. The molecule has 2 aliphatic rings. The maximum absolute atomic E-state index is 11.2. The number of aliphatic imine (C=N–C) groups is 1. The molecule has 1 atom stereocenters. The van der Waals surface area contributed by atoms with Gasteiger partial charge in [0, 0.05) is 32.1 Å². The number of nitrogens with zero attached hydrogens (tertiary/aromatic N) is 1. The second kappa shape index (κ2) is 8.80. The van der Waals surface area contributed by atoms with Gasteiger partial charge >= 0.3 is 0 Å². The Morgan fingerprint density at radius 1 is 1.43 bits per heavy atom. The first-order valence-corrected chi connectivity index (χ1v) is 7.93. The van der Waals surface area contributed by atoms with Gasteiger partial charge in [0.15, 0.2) is 5.96 Å². The number of nitrogens with one attached hydrogen (secondary N) is 3. The van der Waals surface area contributed by atoms with Crippen molar-refractivity contribution in [3.05, 3.63) is 0 Å². The van der Waals surface area contributed by atoms with Gasteiger partial charge in [0.1, 0.15) is 0 Å². The molecule has 1 unspecified atom stereocenters. The fourth-order valence-electron chi connectivity index (χ4n) is 3.03. The lowest BCUT2D eigenvalue weighted by Gasteiger charge is -2.26. The number of carbonyl (C=O) groups is 1. The van der Waals surface area contributed by atoms with Crippen LogP contribution in [0.2, 0.25) is 0 Å². The van der Waals surface area contributed by atoms with Gasteiger partial charge in [-0.15, -0.1) is 24.0 Å². The highest BCUT2D eigenvalue weighted by atomic mass is 127. The summed E-state index contributed by atoms with van der Waals surface area (Å²) in [6.07, 6.45) is 6.74. The molecule has 0 bridgehead atoms. The summed E-state index contributed by atoms with van der Waals surface area (Å²) in [5.41, 5.74) is 0.378. The zero-order valence-electron chi connectivity index (χ0n) is 13.2. The molecule has 2 fully saturated rings. The zero-order valence-corrected chi connectivity index (χ0v) is 15.5. The summed E-state index contributed by atoms with van der Waals surface area (Å²) in [5, 5.41) is 9.65. The summed E-state index contributed by atoms with van der Waals surface area (Å²) in [4.78, 5) is 15.9. The Hall–Kier alpha value is -0.530. The number of hydrogen-bond donors (Lipinski definition) is 3. The Morgan fingerprint density at radius 2 is 2.14 bits per heavy atom. The van der Waals surface area contributed by atoms with Crippen LogP contribution in [0, 0.1) is 5.41 Å². The first-order chi connectivity index (χ1) is 9.61. The first-order valence-electron chi connectivity index (χ1n) is 7.93. The molecule has 5 nitrogen and oxygen atoms in total. The predicted octanol–water partition coefficient (Wildman–Crippen LogP) is 2.02. The van der Waals surface area contributed by atoms with Crippen LogP contribution in [0.15, 0.2) is 4.99 Å². The fourth-order valence-corrected chi connectivity index (χ4v) is 3.03. The molecule has 1 aliphatic carbocycles. The lowest BCUT2D eigenvalue weighted by atomic mass is 9.89. The Labute approximate surface area is 145 Å². The third-order valence-electron chi connectivity index (χ3n) is 4.38. The summed E-state index contributed by atoms with van der Waals surface area (Å²) < 4.78 is 0. The third kappa shape index (κ3) is 6.00. The van der Waals surface area contributed by atoms with Crippen LogP contribution in [0.4, 0.5) is 0 Å². The molecule has 1 amide bonds. The molecule has 1 heterocycles. The molecule has 0 spiro atoms. The molecule has 2 rings (SSSR count). The number of guanidine groups is 1. The summed E-state index contributed by atoms with van der Waals surface area (Å²) in [6, 6.07) is 0.293. The molecule has 0 aromatic carbocycles. The number of halogens is 1. The molecule has 3 N–H and O–H groups in total. The van der Waals surface area contributed by atoms with E-state index in [0.717, 1.165) is 25.5 Å². The van der Waals surface area contributed by atoms with E-state index in [1.807, 2.05) is 0 Å². The Morgan fingerprint density at radius 3 is 2.71 bits per heavy atom. The van der Waals surface area contributed by atoms with Crippen LogP contribution in [0.1, 0.15) is 52.4 Å². The molecule has 122 valence electrons. The minimum atomic E-state index is 0. The van der Waals surface area contributed by atoms with Crippen molar-refractivity contribution in [3.8, 4) is 0 Å². The molecule has 1 saturated carbocycles. The topological polar surface area (TPSA) is 65.5 Å². The Balaban J connectivity index is 0.00000220. The van der Waals surface area contributed by atoms with Gasteiger partial charge in [-0.25, -0.2) is 0 Å². The van der Waals surface area contributed by atoms with Crippen LogP contribution in [-0.4, -0.2) is 37.5 Å². The van der Waals surface area contributed by atoms with E-state index in [0.29, 0.717) is 24.4 Å². The van der Waals surface area contributed by atoms with E-state index in [4.69, 9.17) is 4.99 Å². The van der Waals surface area contributed by atoms with Crippen LogP contribution in [-0.2, 0) is 4.79 Å². The summed E-state index contributed by atoms with van der Waals surface area (Å²) >= 11 is 0. The van der Waals surface area contributed by atoms with Crippen molar-refractivity contribution in [1.29, 1.82) is 0 Å². The van der Waals surface area contributed by atoms with Crippen molar-refractivity contribution in [2.45, 2.75) is 58.4 Å². The molecular formula is C15H29IN4O. The summed E-state index contributed by atoms with van der Waals surface area (Å²) in [7, 11) is 0. The normalized spacial score (nSPS) is 25.0. The largest absolute Gasteiger partial charge is 0.357 e. The minimum absolute atomic E-state index is 0. The maximum Gasteiger partial charge on any atom is 0.220 e. The molecule has 0 aromatic rings. The predicted molar refractivity (Wildman–Crippen MR) is 97.1 cm³/mol. The second-order valence-corrected chi connectivity index (χ2v) is 6.40. The molecule has 1 saturated heterocycles. The molecule has 21 heavy (non-hydrogen) atoms. The first kappa shape index (κ1) is 18.5. The summed E-state index contributed by atoms with van der Waals surface area (Å²) in [5.74, 6) is 1.05. The molecule has 1 aliphatic heterocycles. The number of piperidine rings is 1. The smallest absolute Gasteiger partial charge is 0.220 e. The van der Waals surface area contributed by atoms with Crippen LogP contribution >= 0.6 is 24.0 Å². The van der Waals surface area contributed by atoms with E-state index in [2.05, 4.69) is 29.8 Å². The van der Waals surface area contributed by atoms with E-state index < -0.39 is 0 Å². The summed E-state index contributed by atoms with van der Waals surface area (Å²) in [6.45, 7) is 6.87. The van der Waals surface area contributed by atoms with Crippen molar-refractivity contribution >= 4 is 35.8 Å². The van der Waals surface area contributed by atoms with Gasteiger partial charge in [-0.1, -0.05) is 19.8 Å². The monoisotopic (exact) mass is 408 g/mol. The van der Waals surface area contributed by atoms with Crippen molar-refractivity contribution in [2.24, 2.45) is 10.4 Å². The number of amides is 1. The van der Waals surface area contributed by atoms with Crippen LogP contribution in [0.25, 0.3) is 0 Å². The number of carbonyl (C=O) groups excluding carboxylic acids is 1. The average Bonchev–Trinajstić information content (AvgIpc) is 2.86. The maximum atomic E-state index is 11.2. The van der Waals surface area contributed by atoms with Gasteiger partial charge in [0.25, 0.3) is 0 Å². The van der Waals surface area contributed by atoms with E-state index in [1.165, 1.54) is 25.7 Å². The standard InChI is InChI=1S/C15H28N4O.HI/c1-3-16-14(18-11-15(2)8-4-5-9-15)19-12-6-7-13(20)17-10-12;/h12H,3-11H2,1-2H3,(H,17,20)(H2,16,18,19);1H. The molecular weight excluding hydrogens is 379 g/mol. The minimum Gasteiger partial charge on any atom is -0.357 e. The van der Waals surface area contributed by atoms with Gasteiger partial charge in [-0.05, 0) is 31.6 Å². The zero-order chi connectivity index (χ0) is 14.4. The average molecular weight is 408 g/mol. The van der Waals surface area contributed by atoms with Gasteiger partial charge in [-0.3, -0.25) is 9.79 Å². The van der Waals surface area contributed by atoms with E-state index in [9.17, 15) is 4.79 Å². The molecule has 0 aromatic heterocycles. The highest BCUT2D eigenvalue weighted by molar-refractivity contribution is 14.0. The quantitative estimate of drug-likeness (QED) is 0.379. The van der Waals surface area contributed by atoms with E-state index in [1.54, 1.807) is 0 Å². The SMILES string of the molecule is CCNC(=NCC1(C)CCCC1)NC1CCC(=O)NC1.I. The third-order valence-corrected chi connectivity index (χ3v) is 4.38. The van der Waals surface area contributed by atoms with Crippen molar-refractivity contribution in [1.82, 2.24) is 16.0 Å². The number of rotatable bonds is 4. The fraction of sp³-hybridized carbons (Fsp3) is 0.867. The molecule has 0 radical (unpaired) electrons. The Kier molecular flexibility index (Phi) is 7.76.